The highest BCUT2D eigenvalue weighted by Crippen LogP contribution is 2.28. The number of aryl methyl sites for hydroxylation is 2. The van der Waals surface area contributed by atoms with Crippen LogP contribution < -0.4 is 10.6 Å². The quantitative estimate of drug-likeness (QED) is 0.650. The molecule has 130 valence electrons. The number of nitrogens with one attached hydrogen (secondary N) is 2. The second kappa shape index (κ2) is 7.51. The van der Waals surface area contributed by atoms with E-state index in [9.17, 15) is 0 Å². The van der Waals surface area contributed by atoms with Gasteiger partial charge in [0.05, 0.1) is 24.0 Å². The van der Waals surface area contributed by atoms with Crippen molar-refractivity contribution in [1.82, 2.24) is 25.6 Å². The Morgan fingerprint density at radius 3 is 2.71 bits per heavy atom. The minimum atomic E-state index is 0.579. The van der Waals surface area contributed by atoms with Crippen LogP contribution in [-0.4, -0.2) is 27.9 Å². The van der Waals surface area contributed by atoms with Crippen molar-refractivity contribution in [2.45, 2.75) is 58.7 Å². The van der Waals surface area contributed by atoms with E-state index in [4.69, 9.17) is 4.52 Å². The van der Waals surface area contributed by atoms with Gasteiger partial charge in [-0.25, -0.2) is 0 Å². The maximum absolute atomic E-state index is 5.18. The molecule has 2 heterocycles. The van der Waals surface area contributed by atoms with Gasteiger partial charge in [0.25, 0.3) is 0 Å². The Balaban J connectivity index is 1.51. The first-order valence-corrected chi connectivity index (χ1v) is 8.57. The van der Waals surface area contributed by atoms with Crippen LogP contribution >= 0.6 is 0 Å². The third-order valence-electron chi connectivity index (χ3n) is 4.64. The second-order valence-corrected chi connectivity index (χ2v) is 6.31. The van der Waals surface area contributed by atoms with Crippen molar-refractivity contribution in [1.29, 1.82) is 0 Å². The molecular weight excluding hydrogens is 304 g/mol. The zero-order chi connectivity index (χ0) is 16.9. The van der Waals surface area contributed by atoms with Gasteiger partial charge in [0.1, 0.15) is 5.76 Å². The van der Waals surface area contributed by atoms with Crippen LogP contribution in [0.4, 0.5) is 0 Å². The fourth-order valence-electron chi connectivity index (χ4n) is 3.17. The molecule has 0 aliphatic heterocycles. The maximum Gasteiger partial charge on any atom is 0.191 e. The summed E-state index contributed by atoms with van der Waals surface area (Å²) >= 11 is 0. The Labute approximate surface area is 142 Å². The van der Waals surface area contributed by atoms with Gasteiger partial charge in [0.15, 0.2) is 5.96 Å². The highest BCUT2D eigenvalue weighted by atomic mass is 16.5. The first-order valence-electron chi connectivity index (χ1n) is 8.57. The molecule has 0 unspecified atom stereocenters. The van der Waals surface area contributed by atoms with Crippen molar-refractivity contribution in [3.63, 3.8) is 0 Å². The number of guanidine groups is 1. The Kier molecular flexibility index (Phi) is 5.17. The van der Waals surface area contributed by atoms with Gasteiger partial charge in [-0.15, -0.1) is 0 Å². The van der Waals surface area contributed by atoms with E-state index in [0.717, 1.165) is 28.7 Å². The molecule has 7 nitrogen and oxygen atoms in total. The van der Waals surface area contributed by atoms with Gasteiger partial charge in [-0.2, -0.15) is 5.10 Å². The van der Waals surface area contributed by atoms with Gasteiger partial charge >= 0.3 is 0 Å². The van der Waals surface area contributed by atoms with E-state index >= 15 is 0 Å². The number of hydrogen-bond donors (Lipinski definition) is 2. The lowest BCUT2D eigenvalue weighted by Crippen LogP contribution is -2.36. The summed E-state index contributed by atoms with van der Waals surface area (Å²) in [6, 6.07) is 2.66. The van der Waals surface area contributed by atoms with Crippen LogP contribution in [0.15, 0.2) is 21.8 Å². The van der Waals surface area contributed by atoms with E-state index in [1.54, 1.807) is 7.05 Å². The van der Waals surface area contributed by atoms with Crippen LogP contribution in [0.3, 0.4) is 0 Å². The van der Waals surface area contributed by atoms with Crippen molar-refractivity contribution in [3.8, 4) is 0 Å². The van der Waals surface area contributed by atoms with E-state index < -0.39 is 0 Å². The lowest BCUT2D eigenvalue weighted by molar-refractivity contribution is 0.392. The average molecular weight is 330 g/mol. The summed E-state index contributed by atoms with van der Waals surface area (Å²) in [5, 5.41) is 15.2. The third-order valence-corrected chi connectivity index (χ3v) is 4.64. The van der Waals surface area contributed by atoms with Gasteiger partial charge in [-0.3, -0.25) is 9.67 Å². The fraction of sp³-hybridized carbons (Fsp3) is 0.588. The zero-order valence-corrected chi connectivity index (χ0v) is 14.7. The summed E-state index contributed by atoms with van der Waals surface area (Å²) in [6.45, 7) is 5.15. The predicted molar refractivity (Wildman–Crippen MR) is 92.7 cm³/mol. The summed E-state index contributed by atoms with van der Waals surface area (Å²) < 4.78 is 7.29. The molecule has 2 N–H and O–H groups in total. The summed E-state index contributed by atoms with van der Waals surface area (Å²) in [4.78, 5) is 4.25. The molecule has 0 radical (unpaired) electrons. The van der Waals surface area contributed by atoms with Crippen LogP contribution in [-0.2, 0) is 13.1 Å². The molecule has 7 heteroatoms. The number of hydrogen-bond acceptors (Lipinski definition) is 4. The minimum Gasteiger partial charge on any atom is -0.361 e. The molecule has 0 spiro atoms. The molecule has 1 fully saturated rings. The first-order chi connectivity index (χ1) is 11.7. The van der Waals surface area contributed by atoms with E-state index in [1.807, 2.05) is 13.8 Å². The van der Waals surface area contributed by atoms with Crippen molar-refractivity contribution in [2.75, 3.05) is 7.05 Å². The molecule has 0 atom stereocenters. The molecular formula is C17H26N6O. The highest BCUT2D eigenvalue weighted by molar-refractivity contribution is 5.79. The van der Waals surface area contributed by atoms with Crippen LogP contribution in [0.2, 0.25) is 0 Å². The number of aliphatic imine (C=N–C) groups is 1. The Hall–Kier alpha value is -2.31. The van der Waals surface area contributed by atoms with Crippen LogP contribution in [0, 0.1) is 13.8 Å². The molecule has 1 aliphatic rings. The van der Waals surface area contributed by atoms with Gasteiger partial charge in [-0.1, -0.05) is 18.0 Å². The number of rotatable bonds is 5. The summed E-state index contributed by atoms with van der Waals surface area (Å²) in [5.41, 5.74) is 3.01. The predicted octanol–water partition coefficient (Wildman–Crippen LogP) is 2.47. The molecule has 1 aliphatic carbocycles. The molecule has 24 heavy (non-hydrogen) atoms. The molecule has 2 aromatic heterocycles. The Morgan fingerprint density at radius 1 is 1.29 bits per heavy atom. The van der Waals surface area contributed by atoms with Gasteiger partial charge < -0.3 is 15.2 Å². The molecule has 0 amide bonds. The van der Waals surface area contributed by atoms with Gasteiger partial charge in [-0.05, 0) is 32.8 Å². The Morgan fingerprint density at radius 2 is 2.04 bits per heavy atom. The molecule has 0 aromatic carbocycles. The van der Waals surface area contributed by atoms with E-state index in [1.165, 1.54) is 25.7 Å². The zero-order valence-electron chi connectivity index (χ0n) is 14.7. The van der Waals surface area contributed by atoms with Crippen molar-refractivity contribution in [3.05, 3.63) is 35.0 Å². The monoisotopic (exact) mass is 330 g/mol. The average Bonchev–Trinajstić information content (AvgIpc) is 3.31. The normalized spacial score (nSPS) is 15.9. The summed E-state index contributed by atoms with van der Waals surface area (Å²) in [6.07, 6.45) is 7.21. The van der Waals surface area contributed by atoms with Crippen LogP contribution in [0.1, 0.15) is 54.4 Å². The Bertz CT molecular complexity index is 676. The van der Waals surface area contributed by atoms with Crippen LogP contribution in [0.25, 0.3) is 0 Å². The molecule has 1 saturated carbocycles. The van der Waals surface area contributed by atoms with Crippen molar-refractivity contribution < 1.29 is 4.52 Å². The van der Waals surface area contributed by atoms with Gasteiger partial charge in [0.2, 0.25) is 0 Å². The smallest absolute Gasteiger partial charge is 0.191 e. The lowest BCUT2D eigenvalue weighted by atomic mass is 10.2. The lowest BCUT2D eigenvalue weighted by Gasteiger charge is -2.11. The SMILES string of the molecule is CN=C(NCc1ccn(C2CCCC2)n1)NCc1c(C)noc1C. The van der Waals surface area contributed by atoms with Gasteiger partial charge in [0, 0.05) is 25.4 Å². The number of nitrogens with zero attached hydrogens (tertiary/aromatic N) is 4. The largest absolute Gasteiger partial charge is 0.361 e. The fourth-order valence-corrected chi connectivity index (χ4v) is 3.17. The van der Waals surface area contributed by atoms with E-state index in [0.29, 0.717) is 19.1 Å². The highest BCUT2D eigenvalue weighted by Gasteiger charge is 2.17. The maximum atomic E-state index is 5.18. The summed E-state index contributed by atoms with van der Waals surface area (Å²) in [5.74, 6) is 1.58. The van der Waals surface area contributed by atoms with E-state index in [-0.39, 0.29) is 0 Å². The van der Waals surface area contributed by atoms with Crippen LogP contribution in [0.5, 0.6) is 0 Å². The van der Waals surface area contributed by atoms with E-state index in [2.05, 4.69) is 42.8 Å². The summed E-state index contributed by atoms with van der Waals surface area (Å²) in [7, 11) is 1.76. The molecule has 0 bridgehead atoms. The number of aromatic nitrogens is 3. The molecule has 3 rings (SSSR count). The molecule has 0 saturated heterocycles. The van der Waals surface area contributed by atoms with Crippen molar-refractivity contribution >= 4 is 5.96 Å². The molecule has 2 aromatic rings. The standard InChI is InChI=1S/C17H26N6O/c1-12-16(13(2)24-22-12)11-20-17(18-3)19-10-14-8-9-23(21-14)15-6-4-5-7-15/h8-9,15H,4-7,10-11H2,1-3H3,(H2,18,19,20). The minimum absolute atomic E-state index is 0.579. The topological polar surface area (TPSA) is 80.3 Å². The second-order valence-electron chi connectivity index (χ2n) is 6.31. The third kappa shape index (κ3) is 3.77. The first kappa shape index (κ1) is 16.5. The van der Waals surface area contributed by atoms with Crippen molar-refractivity contribution in [2.24, 2.45) is 4.99 Å².